The van der Waals surface area contributed by atoms with Gasteiger partial charge in [0.05, 0.1) is 5.01 Å². The van der Waals surface area contributed by atoms with Crippen molar-refractivity contribution in [1.82, 2.24) is 15.6 Å². The Morgan fingerprint density at radius 3 is 2.71 bits per heavy atom. The van der Waals surface area contributed by atoms with E-state index < -0.39 is 0 Å². The van der Waals surface area contributed by atoms with Gasteiger partial charge in [0.25, 0.3) is 0 Å². The number of nitrogens with zero attached hydrogens (tertiary/aromatic N) is 2. The van der Waals surface area contributed by atoms with Crippen LogP contribution in [0.15, 0.2) is 22.0 Å². The number of aromatic nitrogens is 1. The lowest BCUT2D eigenvalue weighted by atomic mass is 9.97. The minimum Gasteiger partial charge on any atom is -0.356 e. The molecule has 0 unspecified atom stereocenters. The molecule has 0 bridgehead atoms. The number of guanidine groups is 1. The van der Waals surface area contributed by atoms with Crippen molar-refractivity contribution in [2.75, 3.05) is 20.1 Å². The Hall–Kier alpha value is -0.630. The Morgan fingerprint density at radius 1 is 1.21 bits per heavy atom. The smallest absolute Gasteiger partial charge is 0.190 e. The van der Waals surface area contributed by atoms with Crippen LogP contribution in [0, 0.1) is 6.92 Å². The second-order valence-corrected chi connectivity index (χ2v) is 7.07. The third kappa shape index (κ3) is 8.46. The van der Waals surface area contributed by atoms with Crippen molar-refractivity contribution in [3.63, 3.8) is 0 Å². The summed E-state index contributed by atoms with van der Waals surface area (Å²) in [6, 6.07) is 0. The molecule has 1 heterocycles. The summed E-state index contributed by atoms with van der Waals surface area (Å²) in [6.07, 6.45) is 12.2. The van der Waals surface area contributed by atoms with Crippen LogP contribution in [0.2, 0.25) is 0 Å². The summed E-state index contributed by atoms with van der Waals surface area (Å²) in [5.74, 6) is 0.923. The van der Waals surface area contributed by atoms with Crippen molar-refractivity contribution in [2.45, 2.75) is 58.3 Å². The highest BCUT2D eigenvalue weighted by atomic mass is 127. The monoisotopic (exact) mass is 462 g/mol. The normalized spacial score (nSPS) is 14.8. The fourth-order valence-electron chi connectivity index (χ4n) is 2.82. The third-order valence-corrected chi connectivity index (χ3v) is 5.15. The second-order valence-electron chi connectivity index (χ2n) is 6.12. The van der Waals surface area contributed by atoms with Gasteiger partial charge in [-0.3, -0.25) is 4.99 Å². The maximum absolute atomic E-state index is 4.50. The highest BCUT2D eigenvalue weighted by Gasteiger charge is 2.04. The van der Waals surface area contributed by atoms with Gasteiger partial charge >= 0.3 is 0 Å². The van der Waals surface area contributed by atoms with Crippen molar-refractivity contribution in [3.05, 3.63) is 27.7 Å². The first-order valence-electron chi connectivity index (χ1n) is 8.81. The summed E-state index contributed by atoms with van der Waals surface area (Å²) >= 11 is 1.77. The lowest BCUT2D eigenvalue weighted by Crippen LogP contribution is -2.38. The molecule has 0 amide bonds. The number of nitrogens with one attached hydrogen (secondary N) is 2. The molecule has 136 valence electrons. The number of halogens is 1. The van der Waals surface area contributed by atoms with Gasteiger partial charge in [-0.25, -0.2) is 4.98 Å². The predicted octanol–water partition coefficient (Wildman–Crippen LogP) is 4.45. The third-order valence-electron chi connectivity index (χ3n) is 4.12. The SMILES string of the molecule is CN=C(NCCCCc1nc(C)cs1)NCCC1=CCCCC1.I. The molecule has 1 aromatic heterocycles. The van der Waals surface area contributed by atoms with Gasteiger partial charge in [0.1, 0.15) is 0 Å². The van der Waals surface area contributed by atoms with Crippen LogP contribution in [-0.2, 0) is 6.42 Å². The van der Waals surface area contributed by atoms with Gasteiger partial charge in [-0.2, -0.15) is 0 Å². The highest BCUT2D eigenvalue weighted by molar-refractivity contribution is 14.0. The molecular weight excluding hydrogens is 431 g/mol. The Kier molecular flexibility index (Phi) is 11.3. The molecule has 0 saturated heterocycles. The average Bonchev–Trinajstić information content (AvgIpc) is 2.99. The summed E-state index contributed by atoms with van der Waals surface area (Å²) in [4.78, 5) is 8.80. The lowest BCUT2D eigenvalue weighted by molar-refractivity contribution is 0.660. The van der Waals surface area contributed by atoms with E-state index in [4.69, 9.17) is 0 Å². The van der Waals surface area contributed by atoms with Crippen LogP contribution in [0.3, 0.4) is 0 Å². The molecule has 1 aromatic rings. The largest absolute Gasteiger partial charge is 0.356 e. The standard InChI is InChI=1S/C18H30N4S.HI/c1-15-14-23-17(22-15)10-6-7-12-20-18(19-2)21-13-11-16-8-4-3-5-9-16;/h8,14H,3-7,9-13H2,1-2H3,(H2,19,20,21);1H. The van der Waals surface area contributed by atoms with E-state index in [0.717, 1.165) is 44.0 Å². The molecule has 1 aliphatic rings. The quantitative estimate of drug-likeness (QED) is 0.197. The van der Waals surface area contributed by atoms with Crippen molar-refractivity contribution in [3.8, 4) is 0 Å². The fourth-order valence-corrected chi connectivity index (χ4v) is 3.64. The van der Waals surface area contributed by atoms with Crippen LogP contribution in [-0.4, -0.2) is 31.1 Å². The first-order chi connectivity index (χ1) is 11.3. The zero-order chi connectivity index (χ0) is 16.3. The van der Waals surface area contributed by atoms with Crippen LogP contribution < -0.4 is 10.6 Å². The molecule has 0 atom stereocenters. The Balaban J connectivity index is 0.00000288. The molecule has 0 aromatic carbocycles. The maximum atomic E-state index is 4.50. The number of allylic oxidation sites excluding steroid dienone is 1. The van der Waals surface area contributed by atoms with E-state index in [9.17, 15) is 0 Å². The Morgan fingerprint density at radius 2 is 2.04 bits per heavy atom. The minimum absolute atomic E-state index is 0. The van der Waals surface area contributed by atoms with E-state index in [1.165, 1.54) is 37.1 Å². The Bertz CT molecular complexity index is 525. The number of unbranched alkanes of at least 4 members (excludes halogenated alkanes) is 1. The zero-order valence-electron chi connectivity index (χ0n) is 14.9. The van der Waals surface area contributed by atoms with E-state index in [1.54, 1.807) is 16.9 Å². The summed E-state index contributed by atoms with van der Waals surface area (Å²) < 4.78 is 0. The Labute approximate surface area is 167 Å². The van der Waals surface area contributed by atoms with Gasteiger partial charge in [-0.05, 0) is 58.3 Å². The molecule has 2 N–H and O–H groups in total. The van der Waals surface area contributed by atoms with Gasteiger partial charge in [0.2, 0.25) is 0 Å². The predicted molar refractivity (Wildman–Crippen MR) is 116 cm³/mol. The van der Waals surface area contributed by atoms with Gasteiger partial charge in [-0.15, -0.1) is 35.3 Å². The molecule has 2 rings (SSSR count). The van der Waals surface area contributed by atoms with Crippen LogP contribution in [0.4, 0.5) is 0 Å². The van der Waals surface area contributed by atoms with E-state index in [1.807, 2.05) is 7.05 Å². The summed E-state index contributed by atoms with van der Waals surface area (Å²) in [5, 5.41) is 10.2. The fraction of sp³-hybridized carbons (Fsp3) is 0.667. The summed E-state index contributed by atoms with van der Waals surface area (Å²) in [6.45, 7) is 4.00. The topological polar surface area (TPSA) is 49.3 Å². The number of hydrogen-bond acceptors (Lipinski definition) is 3. The molecule has 6 heteroatoms. The van der Waals surface area contributed by atoms with Crippen LogP contribution >= 0.6 is 35.3 Å². The van der Waals surface area contributed by atoms with Crippen molar-refractivity contribution in [1.29, 1.82) is 0 Å². The molecule has 0 aliphatic heterocycles. The van der Waals surface area contributed by atoms with Crippen LogP contribution in [0.25, 0.3) is 0 Å². The summed E-state index contributed by atoms with van der Waals surface area (Å²) in [5.41, 5.74) is 2.75. The number of rotatable bonds is 8. The van der Waals surface area contributed by atoms with Gasteiger partial charge in [0, 0.05) is 31.2 Å². The van der Waals surface area contributed by atoms with E-state index in [-0.39, 0.29) is 24.0 Å². The molecule has 1 aliphatic carbocycles. The number of aryl methyl sites for hydroxylation is 2. The first-order valence-corrected chi connectivity index (χ1v) is 9.69. The van der Waals surface area contributed by atoms with E-state index in [0.29, 0.717) is 0 Å². The zero-order valence-corrected chi connectivity index (χ0v) is 18.1. The van der Waals surface area contributed by atoms with Crippen molar-refractivity contribution in [2.24, 2.45) is 4.99 Å². The molecule has 0 radical (unpaired) electrons. The van der Waals surface area contributed by atoms with Gasteiger partial charge < -0.3 is 10.6 Å². The summed E-state index contributed by atoms with van der Waals surface area (Å²) in [7, 11) is 1.84. The second kappa shape index (κ2) is 12.7. The molecule has 0 saturated carbocycles. The average molecular weight is 462 g/mol. The van der Waals surface area contributed by atoms with E-state index >= 15 is 0 Å². The highest BCUT2D eigenvalue weighted by Crippen LogP contribution is 2.19. The number of thiazole rings is 1. The van der Waals surface area contributed by atoms with Gasteiger partial charge in [0.15, 0.2) is 5.96 Å². The molecule has 24 heavy (non-hydrogen) atoms. The van der Waals surface area contributed by atoms with Crippen molar-refractivity contribution >= 4 is 41.3 Å². The van der Waals surface area contributed by atoms with Crippen LogP contribution in [0.5, 0.6) is 0 Å². The van der Waals surface area contributed by atoms with Gasteiger partial charge in [-0.1, -0.05) is 11.6 Å². The van der Waals surface area contributed by atoms with Crippen molar-refractivity contribution < 1.29 is 0 Å². The maximum Gasteiger partial charge on any atom is 0.190 e. The number of aliphatic imine (C=N–C) groups is 1. The molecule has 4 nitrogen and oxygen atoms in total. The molecular formula is C18H31IN4S. The number of hydrogen-bond donors (Lipinski definition) is 2. The first kappa shape index (κ1) is 21.4. The lowest BCUT2D eigenvalue weighted by Gasteiger charge is -2.15. The minimum atomic E-state index is 0. The molecule has 0 fully saturated rings. The molecule has 0 spiro atoms. The van der Waals surface area contributed by atoms with Crippen LogP contribution in [0.1, 0.15) is 55.6 Å². The van der Waals surface area contributed by atoms with E-state index in [2.05, 4.69) is 39.0 Å².